The SMILES string of the molecule is C=C(P(=O)(O)O)P(=O)(O)O.O=P(O)(O)C(CS(=O)(=O)O)P(=O)(O)O. The van der Waals surface area contributed by atoms with E-state index in [1.807, 2.05) is 0 Å². The van der Waals surface area contributed by atoms with E-state index >= 15 is 0 Å². The third kappa shape index (κ3) is 11.7. The van der Waals surface area contributed by atoms with Crippen molar-refractivity contribution in [3.05, 3.63) is 11.6 Å². The van der Waals surface area contributed by atoms with Crippen LogP contribution < -0.4 is 0 Å². The summed E-state index contributed by atoms with van der Waals surface area (Å²) in [6.45, 7) is 2.57. The summed E-state index contributed by atoms with van der Waals surface area (Å²) in [6, 6.07) is 0. The Morgan fingerprint density at radius 1 is 0.792 bits per heavy atom. The van der Waals surface area contributed by atoms with Gasteiger partial charge < -0.3 is 39.1 Å². The Kier molecular flexibility index (Phi) is 9.15. The molecule has 0 atom stereocenters. The highest BCUT2D eigenvalue weighted by Crippen LogP contribution is 2.62. The van der Waals surface area contributed by atoms with Crippen LogP contribution in [-0.2, 0) is 28.4 Å². The van der Waals surface area contributed by atoms with Gasteiger partial charge in [0, 0.05) is 0 Å². The fraction of sp³-hybridized carbons (Fsp3) is 0.500. The van der Waals surface area contributed by atoms with Crippen molar-refractivity contribution in [3.63, 3.8) is 0 Å². The molecule has 0 amide bonds. The zero-order chi connectivity index (χ0) is 20.4. The van der Waals surface area contributed by atoms with Crippen molar-refractivity contribution in [1.29, 1.82) is 0 Å². The van der Waals surface area contributed by atoms with Crippen LogP contribution in [-0.4, -0.2) is 63.3 Å². The molecule has 0 aromatic rings. The minimum Gasteiger partial charge on any atom is -0.324 e. The number of hydrogen-bond donors (Lipinski definition) is 9. The second-order valence-electron chi connectivity index (χ2n) is 3.91. The van der Waals surface area contributed by atoms with Crippen molar-refractivity contribution >= 4 is 40.5 Å². The van der Waals surface area contributed by atoms with Crippen LogP contribution in [0.2, 0.25) is 0 Å². The average Bonchev–Trinajstić information content (AvgIpc) is 2.19. The summed E-state index contributed by atoms with van der Waals surface area (Å²) < 4.78 is 69.7. The van der Waals surface area contributed by atoms with Crippen molar-refractivity contribution in [2.75, 3.05) is 5.75 Å². The summed E-state index contributed by atoms with van der Waals surface area (Å²) in [7, 11) is -25.1. The lowest BCUT2D eigenvalue weighted by atomic mass is 10.9. The second-order valence-corrected chi connectivity index (χ2v) is 13.0. The standard InChI is InChI=1S/C2H8O9P2S.C2H6O6P2/c3-12(4,5)2(13(6,7)8)1-14(9,10)11;1-2(9(3,4)5)10(6,7)8/h2H,1H2,(H2,3,4,5)(H2,6,7,8)(H,9,10,11);1H2,(H2,3,4,5)(H2,6,7,8). The zero-order valence-electron chi connectivity index (χ0n) is 11.2. The van der Waals surface area contributed by atoms with E-state index in [0.717, 1.165) is 0 Å². The first-order valence-electron chi connectivity index (χ1n) is 4.86. The van der Waals surface area contributed by atoms with Crippen LogP contribution >= 0.6 is 30.4 Å². The van der Waals surface area contributed by atoms with E-state index < -0.39 is 56.7 Å². The molecule has 0 heterocycles. The van der Waals surface area contributed by atoms with Crippen molar-refractivity contribution < 1.29 is 70.4 Å². The fourth-order valence-electron chi connectivity index (χ4n) is 0.748. The first kappa shape index (κ1) is 26.5. The van der Waals surface area contributed by atoms with Crippen LogP contribution in [0, 0.1) is 0 Å². The molecule has 0 radical (unpaired) electrons. The molecular weight excluding hydrogens is 444 g/mol. The minimum atomic E-state index is -5.30. The Hall–Kier alpha value is 0.250. The summed E-state index contributed by atoms with van der Waals surface area (Å²) in [5.74, 6) is -1.69. The highest BCUT2D eigenvalue weighted by atomic mass is 32.2. The van der Waals surface area contributed by atoms with E-state index in [9.17, 15) is 26.7 Å². The Morgan fingerprint density at radius 3 is 1.08 bits per heavy atom. The van der Waals surface area contributed by atoms with Gasteiger partial charge in [-0.15, -0.1) is 0 Å². The molecule has 15 nitrogen and oxygen atoms in total. The largest absolute Gasteiger partial charge is 0.363 e. The first-order chi connectivity index (χ1) is 9.99. The van der Waals surface area contributed by atoms with E-state index in [4.69, 9.17) is 43.7 Å². The minimum absolute atomic E-state index is 1.35. The summed E-state index contributed by atoms with van der Waals surface area (Å²) >= 11 is 0. The van der Waals surface area contributed by atoms with Gasteiger partial charge in [-0.3, -0.25) is 22.8 Å². The van der Waals surface area contributed by atoms with Gasteiger partial charge in [0.1, 0.15) is 10.8 Å². The molecule has 0 saturated carbocycles. The molecule has 0 aliphatic rings. The monoisotopic (exact) mass is 458 g/mol. The smallest absolute Gasteiger partial charge is 0.324 e. The molecule has 0 aliphatic carbocycles. The molecule has 0 fully saturated rings. The molecule has 0 aliphatic heterocycles. The highest BCUT2D eigenvalue weighted by molar-refractivity contribution is 7.87. The van der Waals surface area contributed by atoms with Gasteiger partial charge >= 0.3 is 30.4 Å². The van der Waals surface area contributed by atoms with Gasteiger partial charge in [0.15, 0.2) is 5.40 Å². The molecule has 0 bridgehead atoms. The predicted molar refractivity (Wildman–Crippen MR) is 77.5 cm³/mol. The molecule has 0 spiro atoms. The highest BCUT2D eigenvalue weighted by Gasteiger charge is 2.46. The predicted octanol–water partition coefficient (Wildman–Crippen LogP) is -1.63. The lowest BCUT2D eigenvalue weighted by Crippen LogP contribution is -2.21. The molecular formula is C4H14O15P4S. The molecule has 9 N–H and O–H groups in total. The van der Waals surface area contributed by atoms with Crippen LogP contribution in [0.1, 0.15) is 0 Å². The Labute approximate surface area is 134 Å². The number of hydrogen-bond acceptors (Lipinski definition) is 6. The van der Waals surface area contributed by atoms with Gasteiger partial charge in [-0.25, -0.2) is 0 Å². The summed E-state index contributed by atoms with van der Waals surface area (Å²) in [4.78, 5) is 66.2. The molecule has 146 valence electrons. The van der Waals surface area contributed by atoms with Gasteiger partial charge in [0.25, 0.3) is 10.1 Å². The summed E-state index contributed by atoms with van der Waals surface area (Å²) in [5.41, 5.74) is 0. The topological polar surface area (TPSA) is 284 Å². The molecule has 0 aromatic heterocycles. The fourth-order valence-corrected chi connectivity index (χ4v) is 6.73. The number of rotatable bonds is 6. The average molecular weight is 458 g/mol. The van der Waals surface area contributed by atoms with Crippen LogP contribution in [0.15, 0.2) is 11.6 Å². The first-order valence-corrected chi connectivity index (χ1v) is 13.1. The van der Waals surface area contributed by atoms with Gasteiger partial charge in [0.05, 0.1) is 0 Å². The quantitative estimate of drug-likeness (QED) is 0.159. The maximum absolute atomic E-state index is 10.5. The van der Waals surface area contributed by atoms with Crippen molar-refractivity contribution in [2.45, 2.75) is 5.40 Å². The maximum Gasteiger partial charge on any atom is 0.363 e. The van der Waals surface area contributed by atoms with Crippen molar-refractivity contribution in [2.24, 2.45) is 0 Å². The van der Waals surface area contributed by atoms with E-state index in [-0.39, 0.29) is 0 Å². The Bertz CT molecular complexity index is 694. The van der Waals surface area contributed by atoms with Gasteiger partial charge in [0.2, 0.25) is 0 Å². The summed E-state index contributed by atoms with van der Waals surface area (Å²) in [5, 5.41) is -4.08. The molecule has 0 unspecified atom stereocenters. The normalized spacial score (nSPS) is 14.1. The van der Waals surface area contributed by atoms with Crippen molar-refractivity contribution in [1.82, 2.24) is 0 Å². The molecule has 0 aromatic carbocycles. The molecule has 0 saturated heterocycles. The maximum atomic E-state index is 10.5. The third-order valence-corrected chi connectivity index (χ3v) is 9.69. The second kappa shape index (κ2) is 8.30. The van der Waals surface area contributed by atoms with Gasteiger partial charge in [-0.1, -0.05) is 6.58 Å². The van der Waals surface area contributed by atoms with E-state index in [1.165, 1.54) is 0 Å². The lowest BCUT2D eigenvalue weighted by Gasteiger charge is -2.17. The van der Waals surface area contributed by atoms with Crippen LogP contribution in [0.5, 0.6) is 0 Å². The Morgan fingerprint density at radius 2 is 1.04 bits per heavy atom. The van der Waals surface area contributed by atoms with E-state index in [2.05, 4.69) is 6.58 Å². The zero-order valence-corrected chi connectivity index (χ0v) is 15.6. The van der Waals surface area contributed by atoms with Crippen molar-refractivity contribution in [3.8, 4) is 0 Å². The van der Waals surface area contributed by atoms with Crippen LogP contribution in [0.3, 0.4) is 0 Å². The Balaban J connectivity index is 0. The van der Waals surface area contributed by atoms with Gasteiger partial charge in [-0.2, -0.15) is 8.42 Å². The molecule has 0 rings (SSSR count). The van der Waals surface area contributed by atoms with Crippen LogP contribution in [0.25, 0.3) is 0 Å². The van der Waals surface area contributed by atoms with E-state index in [0.29, 0.717) is 0 Å². The third-order valence-electron chi connectivity index (χ3n) is 1.81. The summed E-state index contributed by atoms with van der Waals surface area (Å²) in [6.07, 6.45) is 0. The van der Waals surface area contributed by atoms with E-state index in [1.54, 1.807) is 0 Å². The molecule has 20 heteroatoms. The lowest BCUT2D eigenvalue weighted by molar-refractivity contribution is 0.340. The van der Waals surface area contributed by atoms with Gasteiger partial charge in [-0.05, 0) is 0 Å². The van der Waals surface area contributed by atoms with Crippen LogP contribution in [0.4, 0.5) is 0 Å². The molecule has 24 heavy (non-hydrogen) atoms.